The molecule has 0 saturated carbocycles. The van der Waals surface area contributed by atoms with E-state index in [1.807, 2.05) is 6.07 Å². The molecular weight excluding hydrogens is 250 g/mol. The summed E-state index contributed by atoms with van der Waals surface area (Å²) in [7, 11) is 3.37. The second kappa shape index (κ2) is 7.53. The van der Waals surface area contributed by atoms with Crippen LogP contribution in [0.1, 0.15) is 31.7 Å². The van der Waals surface area contributed by atoms with E-state index in [1.54, 1.807) is 14.2 Å². The quantitative estimate of drug-likeness (QED) is 0.796. The zero-order valence-corrected chi connectivity index (χ0v) is 13.0. The lowest BCUT2D eigenvalue weighted by Gasteiger charge is -2.31. The average Bonchev–Trinajstić information content (AvgIpc) is 2.53. The van der Waals surface area contributed by atoms with Gasteiger partial charge in [0, 0.05) is 6.54 Å². The summed E-state index contributed by atoms with van der Waals surface area (Å²) in [5.74, 6) is 2.59. The molecule has 0 atom stereocenters. The molecule has 1 heterocycles. The van der Waals surface area contributed by atoms with Gasteiger partial charge in [0.2, 0.25) is 0 Å². The topological polar surface area (TPSA) is 21.7 Å². The second-order valence-corrected chi connectivity index (χ2v) is 5.63. The normalized spacial score (nSPS) is 17.1. The molecule has 0 radical (unpaired) electrons. The minimum Gasteiger partial charge on any atom is -0.493 e. The van der Waals surface area contributed by atoms with E-state index < -0.39 is 0 Å². The maximum absolute atomic E-state index is 5.36. The van der Waals surface area contributed by atoms with E-state index in [1.165, 1.54) is 37.9 Å². The molecule has 3 heteroatoms. The highest BCUT2D eigenvalue weighted by Crippen LogP contribution is 2.28. The molecule has 0 N–H and O–H groups in total. The third-order valence-corrected chi connectivity index (χ3v) is 4.45. The van der Waals surface area contributed by atoms with Crippen molar-refractivity contribution in [2.45, 2.75) is 32.6 Å². The summed E-state index contributed by atoms with van der Waals surface area (Å²) in [4.78, 5) is 2.59. The monoisotopic (exact) mass is 277 g/mol. The number of ether oxygens (including phenoxy) is 2. The Labute approximate surface area is 122 Å². The first-order chi connectivity index (χ1) is 9.76. The molecule has 1 saturated heterocycles. The Morgan fingerprint density at radius 3 is 2.40 bits per heavy atom. The fourth-order valence-corrected chi connectivity index (χ4v) is 2.94. The summed E-state index contributed by atoms with van der Waals surface area (Å²) in [6, 6.07) is 6.23. The molecule has 0 aromatic heterocycles. The van der Waals surface area contributed by atoms with E-state index in [9.17, 15) is 0 Å². The molecule has 0 spiro atoms. The van der Waals surface area contributed by atoms with Crippen LogP contribution in [0.2, 0.25) is 0 Å². The van der Waals surface area contributed by atoms with Crippen molar-refractivity contribution in [3.63, 3.8) is 0 Å². The molecule has 1 aromatic carbocycles. The van der Waals surface area contributed by atoms with Crippen LogP contribution in [0.15, 0.2) is 18.2 Å². The molecular formula is C17H27NO2. The number of benzene rings is 1. The summed E-state index contributed by atoms with van der Waals surface area (Å²) in [6.07, 6.45) is 5.14. The fourth-order valence-electron chi connectivity index (χ4n) is 2.94. The van der Waals surface area contributed by atoms with Gasteiger partial charge in [0.1, 0.15) is 0 Å². The molecule has 0 amide bonds. The summed E-state index contributed by atoms with van der Waals surface area (Å²) in [5.41, 5.74) is 1.32. The lowest BCUT2D eigenvalue weighted by molar-refractivity contribution is 0.183. The lowest BCUT2D eigenvalue weighted by Crippen LogP contribution is -2.34. The van der Waals surface area contributed by atoms with Gasteiger partial charge in [-0.1, -0.05) is 19.4 Å². The Bertz CT molecular complexity index is 411. The predicted molar refractivity (Wildman–Crippen MR) is 82.7 cm³/mol. The second-order valence-electron chi connectivity index (χ2n) is 5.63. The van der Waals surface area contributed by atoms with Crippen molar-refractivity contribution in [2.24, 2.45) is 5.92 Å². The molecule has 1 aliphatic heterocycles. The molecule has 0 bridgehead atoms. The largest absolute Gasteiger partial charge is 0.493 e. The fraction of sp³-hybridized carbons (Fsp3) is 0.647. The average molecular weight is 277 g/mol. The first-order valence-electron chi connectivity index (χ1n) is 7.70. The van der Waals surface area contributed by atoms with E-state index in [0.29, 0.717) is 0 Å². The van der Waals surface area contributed by atoms with Gasteiger partial charge in [-0.05, 0) is 56.0 Å². The van der Waals surface area contributed by atoms with Crippen molar-refractivity contribution < 1.29 is 9.47 Å². The molecule has 2 rings (SSSR count). The van der Waals surface area contributed by atoms with Crippen molar-refractivity contribution in [2.75, 3.05) is 33.9 Å². The molecule has 0 unspecified atom stereocenters. The first kappa shape index (κ1) is 15.2. The van der Waals surface area contributed by atoms with E-state index in [2.05, 4.69) is 24.0 Å². The van der Waals surface area contributed by atoms with Crippen molar-refractivity contribution in [3.8, 4) is 11.5 Å². The standard InChI is InChI=1S/C17H27NO2/c1-4-14-7-10-18(11-8-14)12-9-15-5-6-16(19-2)17(13-15)20-3/h5-6,13-14H,4,7-12H2,1-3H3. The van der Waals surface area contributed by atoms with Crippen LogP contribution in [-0.2, 0) is 6.42 Å². The summed E-state index contributed by atoms with van der Waals surface area (Å²) >= 11 is 0. The lowest BCUT2D eigenvalue weighted by atomic mass is 9.94. The highest BCUT2D eigenvalue weighted by atomic mass is 16.5. The number of methoxy groups -OCH3 is 2. The van der Waals surface area contributed by atoms with Crippen LogP contribution in [0.25, 0.3) is 0 Å². The van der Waals surface area contributed by atoms with E-state index in [0.717, 1.165) is 30.4 Å². The van der Waals surface area contributed by atoms with Gasteiger partial charge in [0.25, 0.3) is 0 Å². The molecule has 0 aliphatic carbocycles. The Kier molecular flexibility index (Phi) is 5.72. The molecule has 1 aliphatic rings. The van der Waals surface area contributed by atoms with Crippen LogP contribution >= 0.6 is 0 Å². The molecule has 1 aromatic rings. The number of hydrogen-bond acceptors (Lipinski definition) is 3. The zero-order valence-electron chi connectivity index (χ0n) is 13.0. The van der Waals surface area contributed by atoms with Gasteiger partial charge in [0.15, 0.2) is 11.5 Å². The van der Waals surface area contributed by atoms with Gasteiger partial charge in [0.05, 0.1) is 14.2 Å². The Morgan fingerprint density at radius 1 is 1.10 bits per heavy atom. The first-order valence-corrected chi connectivity index (χ1v) is 7.70. The zero-order chi connectivity index (χ0) is 14.4. The number of rotatable bonds is 6. The highest BCUT2D eigenvalue weighted by molar-refractivity contribution is 5.42. The Morgan fingerprint density at radius 2 is 1.80 bits per heavy atom. The molecule has 20 heavy (non-hydrogen) atoms. The summed E-state index contributed by atoms with van der Waals surface area (Å²) in [5, 5.41) is 0. The van der Waals surface area contributed by atoms with Crippen molar-refractivity contribution in [3.05, 3.63) is 23.8 Å². The number of likely N-dealkylation sites (tertiary alicyclic amines) is 1. The van der Waals surface area contributed by atoms with Gasteiger partial charge in [-0.15, -0.1) is 0 Å². The predicted octanol–water partition coefficient (Wildman–Crippen LogP) is 3.37. The van der Waals surface area contributed by atoms with Crippen LogP contribution < -0.4 is 9.47 Å². The van der Waals surface area contributed by atoms with Gasteiger partial charge < -0.3 is 14.4 Å². The maximum atomic E-state index is 5.36. The summed E-state index contributed by atoms with van der Waals surface area (Å²) < 4.78 is 10.6. The Balaban J connectivity index is 1.85. The molecule has 1 fully saturated rings. The third-order valence-electron chi connectivity index (χ3n) is 4.45. The van der Waals surface area contributed by atoms with E-state index >= 15 is 0 Å². The van der Waals surface area contributed by atoms with E-state index in [-0.39, 0.29) is 0 Å². The SMILES string of the molecule is CCC1CCN(CCc2ccc(OC)c(OC)c2)CC1. The van der Waals surface area contributed by atoms with Gasteiger partial charge in [-0.2, -0.15) is 0 Å². The van der Waals surface area contributed by atoms with Gasteiger partial charge >= 0.3 is 0 Å². The number of piperidine rings is 1. The van der Waals surface area contributed by atoms with Crippen LogP contribution in [0.4, 0.5) is 0 Å². The number of nitrogens with zero attached hydrogens (tertiary/aromatic N) is 1. The van der Waals surface area contributed by atoms with Gasteiger partial charge in [-0.3, -0.25) is 0 Å². The minimum absolute atomic E-state index is 0.806. The van der Waals surface area contributed by atoms with Crippen LogP contribution in [0, 0.1) is 5.92 Å². The minimum atomic E-state index is 0.806. The summed E-state index contributed by atoms with van der Waals surface area (Å²) in [6.45, 7) is 5.97. The highest BCUT2D eigenvalue weighted by Gasteiger charge is 2.17. The third kappa shape index (κ3) is 3.89. The van der Waals surface area contributed by atoms with Crippen LogP contribution in [0.3, 0.4) is 0 Å². The van der Waals surface area contributed by atoms with Crippen molar-refractivity contribution >= 4 is 0 Å². The Hall–Kier alpha value is -1.22. The van der Waals surface area contributed by atoms with Crippen molar-refractivity contribution in [1.29, 1.82) is 0 Å². The molecule has 112 valence electrons. The molecule has 3 nitrogen and oxygen atoms in total. The van der Waals surface area contributed by atoms with Gasteiger partial charge in [-0.25, -0.2) is 0 Å². The maximum Gasteiger partial charge on any atom is 0.160 e. The van der Waals surface area contributed by atoms with Crippen LogP contribution in [0.5, 0.6) is 11.5 Å². The number of hydrogen-bond donors (Lipinski definition) is 0. The van der Waals surface area contributed by atoms with Crippen LogP contribution in [-0.4, -0.2) is 38.8 Å². The van der Waals surface area contributed by atoms with Crippen molar-refractivity contribution in [1.82, 2.24) is 4.90 Å². The smallest absolute Gasteiger partial charge is 0.160 e. The van der Waals surface area contributed by atoms with E-state index in [4.69, 9.17) is 9.47 Å².